The van der Waals surface area contributed by atoms with Crippen molar-refractivity contribution in [3.05, 3.63) is 24.3 Å². The van der Waals surface area contributed by atoms with Gasteiger partial charge in [-0.25, -0.2) is 0 Å². The standard InChI is InChI=1S/C11H17O3P/c1-5-7-10(11(3,4)6-2)8-9-14-15(12)13/h2,5,8,15H,1,7,9H2,3-4H3,(H,12,13). The van der Waals surface area contributed by atoms with Gasteiger partial charge in [0.05, 0.1) is 6.61 Å². The Hall–Kier alpha value is -0.810. The van der Waals surface area contributed by atoms with Crippen LogP contribution in [0.2, 0.25) is 0 Å². The summed E-state index contributed by atoms with van der Waals surface area (Å²) in [5.41, 5.74) is 0.575. The molecule has 0 saturated heterocycles. The highest BCUT2D eigenvalue weighted by Gasteiger charge is 2.18. The number of rotatable bonds is 6. The lowest BCUT2D eigenvalue weighted by Crippen LogP contribution is -2.12. The largest absolute Gasteiger partial charge is 0.326 e. The van der Waals surface area contributed by atoms with Gasteiger partial charge in [-0.05, 0) is 20.3 Å². The van der Waals surface area contributed by atoms with E-state index in [0.717, 1.165) is 5.57 Å². The summed E-state index contributed by atoms with van der Waals surface area (Å²) in [4.78, 5) is 8.49. The first-order chi connectivity index (χ1) is 6.94. The number of allylic oxidation sites excluding steroid dienone is 2. The summed E-state index contributed by atoms with van der Waals surface area (Å²) in [5, 5.41) is 0. The highest BCUT2D eigenvalue weighted by atomic mass is 31.1. The van der Waals surface area contributed by atoms with Crippen molar-refractivity contribution < 1.29 is 14.0 Å². The van der Waals surface area contributed by atoms with Gasteiger partial charge in [0.2, 0.25) is 0 Å². The summed E-state index contributed by atoms with van der Waals surface area (Å²) in [5.74, 6) is 2.66. The third-order valence-corrected chi connectivity index (χ3v) is 2.48. The minimum atomic E-state index is -2.87. The second kappa shape index (κ2) is 6.63. The summed E-state index contributed by atoms with van der Waals surface area (Å²) in [6.07, 6.45) is 9.52. The Morgan fingerprint density at radius 2 is 2.33 bits per heavy atom. The van der Waals surface area contributed by atoms with Gasteiger partial charge in [0.25, 0.3) is 0 Å². The SMILES string of the molecule is C#CC(C)(C)C(=CCO[PH](=O)O)CC=C. The molecule has 0 aromatic heterocycles. The fourth-order valence-corrected chi connectivity index (χ4v) is 1.28. The van der Waals surface area contributed by atoms with Gasteiger partial charge < -0.3 is 9.42 Å². The molecule has 84 valence electrons. The van der Waals surface area contributed by atoms with Crippen molar-refractivity contribution in [2.24, 2.45) is 5.41 Å². The quantitative estimate of drug-likeness (QED) is 0.431. The Kier molecular flexibility index (Phi) is 6.27. The van der Waals surface area contributed by atoms with E-state index < -0.39 is 8.25 Å². The van der Waals surface area contributed by atoms with Crippen LogP contribution in [0.3, 0.4) is 0 Å². The van der Waals surface area contributed by atoms with Gasteiger partial charge in [0.1, 0.15) is 0 Å². The highest BCUT2D eigenvalue weighted by molar-refractivity contribution is 7.32. The zero-order chi connectivity index (χ0) is 11.9. The van der Waals surface area contributed by atoms with Crippen LogP contribution in [-0.4, -0.2) is 11.5 Å². The Morgan fingerprint density at radius 1 is 1.73 bits per heavy atom. The molecule has 0 bridgehead atoms. The van der Waals surface area contributed by atoms with E-state index in [4.69, 9.17) is 11.3 Å². The maximum Gasteiger partial charge on any atom is 0.316 e. The van der Waals surface area contributed by atoms with Crippen molar-refractivity contribution in [1.29, 1.82) is 0 Å². The molecule has 3 nitrogen and oxygen atoms in total. The molecule has 0 spiro atoms. The van der Waals surface area contributed by atoms with E-state index in [0.29, 0.717) is 6.42 Å². The third-order valence-electron chi connectivity index (χ3n) is 2.06. The molecule has 0 amide bonds. The van der Waals surface area contributed by atoms with Crippen molar-refractivity contribution in [1.82, 2.24) is 0 Å². The topological polar surface area (TPSA) is 46.5 Å². The lowest BCUT2D eigenvalue weighted by Gasteiger charge is -2.21. The molecule has 1 unspecified atom stereocenters. The van der Waals surface area contributed by atoms with Crippen molar-refractivity contribution in [3.63, 3.8) is 0 Å². The van der Waals surface area contributed by atoms with E-state index in [-0.39, 0.29) is 12.0 Å². The average Bonchev–Trinajstić information content (AvgIpc) is 2.16. The Morgan fingerprint density at radius 3 is 2.73 bits per heavy atom. The fraction of sp³-hybridized carbons (Fsp3) is 0.455. The van der Waals surface area contributed by atoms with Crippen LogP contribution in [0.5, 0.6) is 0 Å². The first-order valence-corrected chi connectivity index (χ1v) is 5.84. The van der Waals surface area contributed by atoms with E-state index in [1.54, 1.807) is 12.2 Å². The fourth-order valence-electron chi connectivity index (χ4n) is 1.06. The molecule has 0 radical (unpaired) electrons. The zero-order valence-corrected chi connectivity index (χ0v) is 10.1. The summed E-state index contributed by atoms with van der Waals surface area (Å²) in [6, 6.07) is 0. The summed E-state index contributed by atoms with van der Waals surface area (Å²) >= 11 is 0. The second-order valence-electron chi connectivity index (χ2n) is 3.57. The number of hydrogen-bond acceptors (Lipinski definition) is 2. The Labute approximate surface area is 91.8 Å². The van der Waals surface area contributed by atoms with Crippen LogP contribution in [-0.2, 0) is 9.09 Å². The van der Waals surface area contributed by atoms with Crippen LogP contribution in [0.15, 0.2) is 24.3 Å². The molecule has 4 heteroatoms. The number of hydrogen-bond donors (Lipinski definition) is 1. The van der Waals surface area contributed by atoms with Crippen LogP contribution in [0.1, 0.15) is 20.3 Å². The maximum atomic E-state index is 10.3. The first kappa shape index (κ1) is 14.2. The molecule has 0 fully saturated rings. The van der Waals surface area contributed by atoms with Crippen molar-refractivity contribution in [2.75, 3.05) is 6.61 Å². The van der Waals surface area contributed by atoms with Crippen LogP contribution < -0.4 is 0 Å². The van der Waals surface area contributed by atoms with Gasteiger partial charge in [-0.15, -0.1) is 13.0 Å². The predicted octanol–water partition coefficient (Wildman–Crippen LogP) is 2.55. The summed E-state index contributed by atoms with van der Waals surface area (Å²) < 4.78 is 14.9. The van der Waals surface area contributed by atoms with Crippen LogP contribution in [0, 0.1) is 17.8 Å². The van der Waals surface area contributed by atoms with E-state index in [1.807, 2.05) is 13.8 Å². The van der Waals surface area contributed by atoms with Crippen LogP contribution in [0.4, 0.5) is 0 Å². The molecule has 0 aromatic rings. The molecule has 1 N–H and O–H groups in total. The lowest BCUT2D eigenvalue weighted by molar-refractivity contribution is 0.310. The van der Waals surface area contributed by atoms with E-state index in [2.05, 4.69) is 17.0 Å². The second-order valence-corrected chi connectivity index (χ2v) is 4.39. The van der Waals surface area contributed by atoms with E-state index in [9.17, 15) is 4.57 Å². The molecule has 1 atom stereocenters. The third kappa shape index (κ3) is 5.59. The molecule has 15 heavy (non-hydrogen) atoms. The van der Waals surface area contributed by atoms with E-state index in [1.165, 1.54) is 0 Å². The monoisotopic (exact) mass is 228 g/mol. The number of terminal acetylenes is 1. The maximum absolute atomic E-state index is 10.3. The van der Waals surface area contributed by atoms with Gasteiger partial charge in [0, 0.05) is 5.41 Å². The van der Waals surface area contributed by atoms with Gasteiger partial charge in [-0.3, -0.25) is 4.57 Å². The predicted molar refractivity (Wildman–Crippen MR) is 62.7 cm³/mol. The Balaban J connectivity index is 4.59. The van der Waals surface area contributed by atoms with Crippen LogP contribution >= 0.6 is 8.25 Å². The first-order valence-electron chi connectivity index (χ1n) is 4.58. The average molecular weight is 228 g/mol. The van der Waals surface area contributed by atoms with Gasteiger partial charge in [0.15, 0.2) is 0 Å². The summed E-state index contributed by atoms with van der Waals surface area (Å²) in [6.45, 7) is 7.55. The molecule has 0 aliphatic rings. The lowest BCUT2D eigenvalue weighted by atomic mass is 9.83. The van der Waals surface area contributed by atoms with Crippen molar-refractivity contribution in [3.8, 4) is 12.3 Å². The molecular weight excluding hydrogens is 211 g/mol. The summed E-state index contributed by atoms with van der Waals surface area (Å²) in [7, 11) is -2.87. The molecule has 0 aliphatic heterocycles. The smallest absolute Gasteiger partial charge is 0.316 e. The highest BCUT2D eigenvalue weighted by Crippen LogP contribution is 2.28. The molecule has 0 aliphatic carbocycles. The Bertz CT molecular complexity index is 310. The molecule has 0 aromatic carbocycles. The minimum absolute atomic E-state index is 0.0998. The van der Waals surface area contributed by atoms with Gasteiger partial charge >= 0.3 is 8.25 Å². The van der Waals surface area contributed by atoms with Crippen molar-refractivity contribution >= 4 is 8.25 Å². The van der Waals surface area contributed by atoms with Crippen molar-refractivity contribution in [2.45, 2.75) is 20.3 Å². The minimum Gasteiger partial charge on any atom is -0.326 e. The normalized spacial score (nSPS) is 14.4. The zero-order valence-electron chi connectivity index (χ0n) is 9.12. The van der Waals surface area contributed by atoms with Gasteiger partial charge in [-0.1, -0.05) is 23.6 Å². The van der Waals surface area contributed by atoms with Crippen LogP contribution in [0.25, 0.3) is 0 Å². The van der Waals surface area contributed by atoms with E-state index >= 15 is 0 Å². The molecule has 0 rings (SSSR count). The van der Waals surface area contributed by atoms with Gasteiger partial charge in [-0.2, -0.15) is 0 Å². The molecule has 0 saturated carbocycles. The molecule has 0 heterocycles. The molecular formula is C11H17O3P.